The number of aryl methyl sites for hydroxylation is 2. The lowest BCUT2D eigenvalue weighted by Crippen LogP contribution is -2.01. The summed E-state index contributed by atoms with van der Waals surface area (Å²) < 4.78 is 11.4. The Balaban J connectivity index is 2.52. The summed E-state index contributed by atoms with van der Waals surface area (Å²) in [7, 11) is 1.59. The Labute approximate surface area is 126 Å². The van der Waals surface area contributed by atoms with Crippen molar-refractivity contribution < 1.29 is 14.6 Å². The van der Waals surface area contributed by atoms with Crippen molar-refractivity contribution in [2.24, 2.45) is 0 Å². The molecule has 2 aromatic rings. The van der Waals surface area contributed by atoms with E-state index in [1.807, 2.05) is 38.1 Å². The van der Waals surface area contributed by atoms with Crippen LogP contribution in [0.15, 0.2) is 30.3 Å². The number of hydrogen-bond acceptors (Lipinski definition) is 3. The van der Waals surface area contributed by atoms with Gasteiger partial charge in [0.2, 0.25) is 0 Å². The van der Waals surface area contributed by atoms with Gasteiger partial charge in [0.05, 0.1) is 18.8 Å². The SMILES string of the molecule is COc1cccc(Oc2c(C)ccc(C)c2C)c1[C@H](C)O. The van der Waals surface area contributed by atoms with Crippen LogP contribution >= 0.6 is 0 Å². The zero-order valence-corrected chi connectivity index (χ0v) is 13.2. The second-order valence-corrected chi connectivity index (χ2v) is 5.30. The Bertz CT molecular complexity index is 645. The quantitative estimate of drug-likeness (QED) is 0.901. The highest BCUT2D eigenvalue weighted by molar-refractivity contribution is 5.51. The average Bonchev–Trinajstić information content (AvgIpc) is 2.47. The van der Waals surface area contributed by atoms with Gasteiger partial charge >= 0.3 is 0 Å². The van der Waals surface area contributed by atoms with E-state index in [9.17, 15) is 5.11 Å². The highest BCUT2D eigenvalue weighted by atomic mass is 16.5. The maximum atomic E-state index is 10.0. The van der Waals surface area contributed by atoms with Crippen LogP contribution in [0, 0.1) is 20.8 Å². The second-order valence-electron chi connectivity index (χ2n) is 5.30. The van der Waals surface area contributed by atoms with Crippen molar-refractivity contribution in [3.05, 3.63) is 52.6 Å². The zero-order chi connectivity index (χ0) is 15.6. The molecule has 2 rings (SSSR count). The number of methoxy groups -OCH3 is 1. The van der Waals surface area contributed by atoms with Crippen molar-refractivity contribution in [2.75, 3.05) is 7.11 Å². The molecule has 0 aliphatic rings. The molecule has 0 aliphatic carbocycles. The third kappa shape index (κ3) is 3.03. The van der Waals surface area contributed by atoms with E-state index in [-0.39, 0.29) is 0 Å². The van der Waals surface area contributed by atoms with Gasteiger partial charge in [0.25, 0.3) is 0 Å². The predicted molar refractivity (Wildman–Crippen MR) is 84.4 cm³/mol. The summed E-state index contributed by atoms with van der Waals surface area (Å²) >= 11 is 0. The first-order valence-corrected chi connectivity index (χ1v) is 7.05. The first-order chi connectivity index (χ1) is 9.95. The first kappa shape index (κ1) is 15.4. The molecule has 0 saturated heterocycles. The van der Waals surface area contributed by atoms with Crippen LogP contribution < -0.4 is 9.47 Å². The Kier molecular flexibility index (Phi) is 4.53. The average molecular weight is 286 g/mol. The Hall–Kier alpha value is -2.00. The molecule has 1 N–H and O–H groups in total. The van der Waals surface area contributed by atoms with Crippen molar-refractivity contribution in [2.45, 2.75) is 33.8 Å². The molecule has 0 aromatic heterocycles. The lowest BCUT2D eigenvalue weighted by molar-refractivity contribution is 0.190. The molecule has 0 fully saturated rings. The summed E-state index contributed by atoms with van der Waals surface area (Å²) in [6.45, 7) is 7.83. The van der Waals surface area contributed by atoms with Crippen LogP contribution in [0.4, 0.5) is 0 Å². The van der Waals surface area contributed by atoms with Gasteiger partial charge in [-0.2, -0.15) is 0 Å². The number of hydrogen-bond donors (Lipinski definition) is 1. The highest BCUT2D eigenvalue weighted by Crippen LogP contribution is 2.38. The van der Waals surface area contributed by atoms with E-state index in [0.717, 1.165) is 16.9 Å². The molecule has 3 nitrogen and oxygen atoms in total. The topological polar surface area (TPSA) is 38.7 Å². The molecule has 21 heavy (non-hydrogen) atoms. The van der Waals surface area contributed by atoms with Gasteiger partial charge < -0.3 is 14.6 Å². The normalized spacial score (nSPS) is 12.1. The van der Waals surface area contributed by atoms with Gasteiger partial charge in [0, 0.05) is 0 Å². The van der Waals surface area contributed by atoms with Crippen LogP contribution in [0.25, 0.3) is 0 Å². The van der Waals surface area contributed by atoms with Gasteiger partial charge in [-0.3, -0.25) is 0 Å². The molecule has 0 aliphatic heterocycles. The number of aliphatic hydroxyl groups excluding tert-OH is 1. The van der Waals surface area contributed by atoms with E-state index >= 15 is 0 Å². The maximum absolute atomic E-state index is 10.0. The highest BCUT2D eigenvalue weighted by Gasteiger charge is 2.17. The number of aliphatic hydroxyl groups is 1. The van der Waals surface area contributed by atoms with Crippen LogP contribution in [-0.4, -0.2) is 12.2 Å². The van der Waals surface area contributed by atoms with Crippen LogP contribution in [0.5, 0.6) is 17.2 Å². The lowest BCUT2D eigenvalue weighted by Gasteiger charge is -2.19. The predicted octanol–water partition coefficient (Wildman–Crippen LogP) is 4.47. The summed E-state index contributed by atoms with van der Waals surface area (Å²) in [6, 6.07) is 9.66. The van der Waals surface area contributed by atoms with E-state index in [1.165, 1.54) is 5.56 Å². The second kappa shape index (κ2) is 6.19. The standard InChI is InChI=1S/C18H22O3/c1-11-9-10-12(2)18(13(11)3)21-16-8-6-7-15(20-5)17(16)14(4)19/h6-10,14,19H,1-5H3/t14-/m0/s1. The molecule has 112 valence electrons. The van der Waals surface area contributed by atoms with E-state index in [4.69, 9.17) is 9.47 Å². The Morgan fingerprint density at radius 2 is 1.57 bits per heavy atom. The summed E-state index contributed by atoms with van der Waals surface area (Å²) in [6.07, 6.45) is -0.665. The van der Waals surface area contributed by atoms with Crippen molar-refractivity contribution in [1.29, 1.82) is 0 Å². The van der Waals surface area contributed by atoms with E-state index in [1.54, 1.807) is 14.0 Å². The minimum absolute atomic E-state index is 0.626. The minimum Gasteiger partial charge on any atom is -0.496 e. The summed E-state index contributed by atoms with van der Waals surface area (Å²) in [5, 5.41) is 10.0. The van der Waals surface area contributed by atoms with Gasteiger partial charge in [0.15, 0.2) is 0 Å². The van der Waals surface area contributed by atoms with Crippen LogP contribution in [0.3, 0.4) is 0 Å². The molecule has 0 unspecified atom stereocenters. The Morgan fingerprint density at radius 1 is 0.952 bits per heavy atom. The van der Waals surface area contributed by atoms with Crippen molar-refractivity contribution in [1.82, 2.24) is 0 Å². The van der Waals surface area contributed by atoms with E-state index in [2.05, 4.69) is 13.0 Å². The van der Waals surface area contributed by atoms with Gasteiger partial charge in [-0.25, -0.2) is 0 Å². The number of rotatable bonds is 4. The van der Waals surface area contributed by atoms with Crippen molar-refractivity contribution in [3.8, 4) is 17.2 Å². The molecule has 0 radical (unpaired) electrons. The molecule has 0 spiro atoms. The van der Waals surface area contributed by atoms with E-state index in [0.29, 0.717) is 17.1 Å². The van der Waals surface area contributed by atoms with Gasteiger partial charge in [-0.1, -0.05) is 18.2 Å². The molecule has 2 aromatic carbocycles. The lowest BCUT2D eigenvalue weighted by atomic mass is 10.0. The smallest absolute Gasteiger partial charge is 0.136 e. The molecule has 3 heteroatoms. The summed E-state index contributed by atoms with van der Waals surface area (Å²) in [4.78, 5) is 0. The molecular formula is C18H22O3. The first-order valence-electron chi connectivity index (χ1n) is 7.05. The maximum Gasteiger partial charge on any atom is 0.136 e. The monoisotopic (exact) mass is 286 g/mol. The fourth-order valence-corrected chi connectivity index (χ4v) is 2.40. The van der Waals surface area contributed by atoms with Crippen LogP contribution in [0.1, 0.15) is 35.3 Å². The van der Waals surface area contributed by atoms with E-state index < -0.39 is 6.10 Å². The van der Waals surface area contributed by atoms with Gasteiger partial charge in [-0.05, 0) is 56.5 Å². The van der Waals surface area contributed by atoms with Gasteiger partial charge in [-0.15, -0.1) is 0 Å². The molecule has 0 saturated carbocycles. The summed E-state index contributed by atoms with van der Waals surface area (Å²) in [5.41, 5.74) is 4.02. The van der Waals surface area contributed by atoms with Crippen molar-refractivity contribution in [3.63, 3.8) is 0 Å². The fraction of sp³-hybridized carbons (Fsp3) is 0.333. The fourth-order valence-electron chi connectivity index (χ4n) is 2.40. The number of benzene rings is 2. The molecule has 1 atom stereocenters. The van der Waals surface area contributed by atoms with Gasteiger partial charge in [0.1, 0.15) is 17.2 Å². The minimum atomic E-state index is -0.665. The van der Waals surface area contributed by atoms with Crippen molar-refractivity contribution >= 4 is 0 Å². The molecule has 0 bridgehead atoms. The molecular weight excluding hydrogens is 264 g/mol. The third-order valence-electron chi connectivity index (χ3n) is 3.75. The Morgan fingerprint density at radius 3 is 2.19 bits per heavy atom. The zero-order valence-electron chi connectivity index (χ0n) is 13.2. The van der Waals surface area contributed by atoms with Crippen LogP contribution in [-0.2, 0) is 0 Å². The molecule has 0 heterocycles. The molecule has 0 amide bonds. The largest absolute Gasteiger partial charge is 0.496 e. The summed E-state index contributed by atoms with van der Waals surface area (Å²) in [5.74, 6) is 2.09. The third-order valence-corrected chi connectivity index (χ3v) is 3.75. The number of ether oxygens (including phenoxy) is 2. The van der Waals surface area contributed by atoms with Crippen LogP contribution in [0.2, 0.25) is 0 Å².